The van der Waals surface area contributed by atoms with E-state index in [2.05, 4.69) is 21.6 Å². The molecule has 2 heterocycles. The molecule has 0 spiro atoms. The van der Waals surface area contributed by atoms with E-state index in [4.69, 9.17) is 9.47 Å². The number of morpholine rings is 1. The van der Waals surface area contributed by atoms with Crippen molar-refractivity contribution >= 4 is 5.97 Å². The van der Waals surface area contributed by atoms with Crippen molar-refractivity contribution in [3.05, 3.63) is 47.7 Å². The van der Waals surface area contributed by atoms with Crippen LogP contribution >= 0.6 is 0 Å². The Morgan fingerprint density at radius 3 is 2.56 bits per heavy atom. The van der Waals surface area contributed by atoms with Crippen LogP contribution in [-0.2, 0) is 16.0 Å². The standard InChI is InChI=1S/C20H26N2O3/c1-3-25-20(23)18-15-19(17-7-5-4-6-8-17)22(16(18)2)10-9-21-11-13-24-14-12-21/h4-8,15H,3,9-14H2,1-2H3. The third kappa shape index (κ3) is 4.11. The van der Waals surface area contributed by atoms with Gasteiger partial charge in [-0.15, -0.1) is 0 Å². The first-order chi connectivity index (χ1) is 12.2. The number of hydrogen-bond donors (Lipinski definition) is 0. The van der Waals surface area contributed by atoms with Crippen molar-refractivity contribution in [1.82, 2.24) is 9.47 Å². The van der Waals surface area contributed by atoms with E-state index in [0.29, 0.717) is 12.2 Å². The summed E-state index contributed by atoms with van der Waals surface area (Å²) in [5, 5.41) is 0. The second kappa shape index (κ2) is 8.32. The fourth-order valence-electron chi connectivity index (χ4n) is 3.26. The van der Waals surface area contributed by atoms with Crippen molar-refractivity contribution in [1.29, 1.82) is 0 Å². The van der Waals surface area contributed by atoms with E-state index >= 15 is 0 Å². The van der Waals surface area contributed by atoms with Gasteiger partial charge in [0.05, 0.1) is 25.4 Å². The SMILES string of the molecule is CCOC(=O)c1cc(-c2ccccc2)n(CCN2CCOCC2)c1C. The van der Waals surface area contributed by atoms with E-state index in [1.807, 2.05) is 38.1 Å². The molecule has 0 N–H and O–H groups in total. The first kappa shape index (κ1) is 17.7. The van der Waals surface area contributed by atoms with Gasteiger partial charge in [0.1, 0.15) is 0 Å². The van der Waals surface area contributed by atoms with Crippen molar-refractivity contribution in [2.45, 2.75) is 20.4 Å². The topological polar surface area (TPSA) is 43.7 Å². The summed E-state index contributed by atoms with van der Waals surface area (Å²) < 4.78 is 12.9. The van der Waals surface area contributed by atoms with Crippen LogP contribution in [0.3, 0.4) is 0 Å². The summed E-state index contributed by atoms with van der Waals surface area (Å²) in [6.07, 6.45) is 0. The van der Waals surface area contributed by atoms with Crippen LogP contribution in [0.1, 0.15) is 23.0 Å². The van der Waals surface area contributed by atoms with E-state index in [1.54, 1.807) is 0 Å². The van der Waals surface area contributed by atoms with E-state index in [0.717, 1.165) is 56.3 Å². The third-order valence-corrected chi connectivity index (χ3v) is 4.67. The molecule has 0 bridgehead atoms. The van der Waals surface area contributed by atoms with E-state index in [-0.39, 0.29) is 5.97 Å². The van der Waals surface area contributed by atoms with Crippen molar-refractivity contribution in [3.8, 4) is 11.3 Å². The smallest absolute Gasteiger partial charge is 0.339 e. The number of carbonyl (C=O) groups excluding carboxylic acids is 1. The highest BCUT2D eigenvalue weighted by Gasteiger charge is 2.20. The van der Waals surface area contributed by atoms with Crippen LogP contribution in [0.15, 0.2) is 36.4 Å². The van der Waals surface area contributed by atoms with Crippen LogP contribution in [0.2, 0.25) is 0 Å². The van der Waals surface area contributed by atoms with Crippen LogP contribution in [-0.4, -0.2) is 54.9 Å². The summed E-state index contributed by atoms with van der Waals surface area (Å²) in [7, 11) is 0. The van der Waals surface area contributed by atoms with Gasteiger partial charge in [0.25, 0.3) is 0 Å². The molecular formula is C20H26N2O3. The zero-order valence-corrected chi connectivity index (χ0v) is 15.0. The van der Waals surface area contributed by atoms with Gasteiger partial charge in [0, 0.05) is 37.6 Å². The van der Waals surface area contributed by atoms with Crippen LogP contribution in [0, 0.1) is 6.92 Å². The molecule has 0 saturated carbocycles. The summed E-state index contributed by atoms with van der Waals surface area (Å²) in [6.45, 7) is 9.53. The molecule has 1 aliphatic heterocycles. The minimum absolute atomic E-state index is 0.248. The van der Waals surface area contributed by atoms with E-state index < -0.39 is 0 Å². The molecule has 1 aliphatic rings. The van der Waals surface area contributed by atoms with Gasteiger partial charge in [0.15, 0.2) is 0 Å². The molecule has 25 heavy (non-hydrogen) atoms. The summed E-state index contributed by atoms with van der Waals surface area (Å²) in [5.74, 6) is -0.248. The second-order valence-electron chi connectivity index (χ2n) is 6.22. The number of carbonyl (C=O) groups is 1. The van der Waals surface area contributed by atoms with E-state index in [9.17, 15) is 4.79 Å². The Morgan fingerprint density at radius 2 is 1.88 bits per heavy atom. The predicted octanol–water partition coefficient (Wildman–Crippen LogP) is 2.97. The Hall–Kier alpha value is -2.11. The highest BCUT2D eigenvalue weighted by atomic mass is 16.5. The minimum Gasteiger partial charge on any atom is -0.462 e. The molecule has 0 amide bonds. The zero-order chi connectivity index (χ0) is 17.6. The Labute approximate surface area is 149 Å². The highest BCUT2D eigenvalue weighted by Crippen LogP contribution is 2.26. The molecule has 1 fully saturated rings. The third-order valence-electron chi connectivity index (χ3n) is 4.67. The average Bonchev–Trinajstić information content (AvgIpc) is 2.98. The fraction of sp³-hybridized carbons (Fsp3) is 0.450. The Balaban J connectivity index is 1.89. The summed E-state index contributed by atoms with van der Waals surface area (Å²) in [5.41, 5.74) is 3.80. The van der Waals surface area contributed by atoms with Gasteiger partial charge in [-0.3, -0.25) is 4.90 Å². The maximum absolute atomic E-state index is 12.3. The summed E-state index contributed by atoms with van der Waals surface area (Å²) >= 11 is 0. The monoisotopic (exact) mass is 342 g/mol. The number of benzene rings is 1. The Morgan fingerprint density at radius 1 is 1.16 bits per heavy atom. The number of esters is 1. The number of ether oxygens (including phenoxy) is 2. The van der Waals surface area contributed by atoms with Gasteiger partial charge < -0.3 is 14.0 Å². The molecule has 1 saturated heterocycles. The van der Waals surface area contributed by atoms with Crippen molar-refractivity contribution < 1.29 is 14.3 Å². The number of hydrogen-bond acceptors (Lipinski definition) is 4. The molecule has 5 heteroatoms. The molecule has 0 radical (unpaired) electrons. The molecular weight excluding hydrogens is 316 g/mol. The fourth-order valence-corrected chi connectivity index (χ4v) is 3.26. The first-order valence-electron chi connectivity index (χ1n) is 8.93. The molecule has 5 nitrogen and oxygen atoms in total. The molecule has 0 atom stereocenters. The number of aromatic nitrogens is 1. The minimum atomic E-state index is -0.248. The lowest BCUT2D eigenvalue weighted by Gasteiger charge is -2.27. The van der Waals surface area contributed by atoms with E-state index in [1.165, 1.54) is 0 Å². The lowest BCUT2D eigenvalue weighted by atomic mass is 10.1. The van der Waals surface area contributed by atoms with Gasteiger partial charge in [-0.05, 0) is 25.5 Å². The van der Waals surface area contributed by atoms with Crippen LogP contribution in [0.5, 0.6) is 0 Å². The highest BCUT2D eigenvalue weighted by molar-refractivity contribution is 5.92. The molecule has 1 aromatic carbocycles. The summed E-state index contributed by atoms with van der Waals surface area (Å²) in [4.78, 5) is 14.7. The maximum atomic E-state index is 12.3. The largest absolute Gasteiger partial charge is 0.462 e. The van der Waals surface area contributed by atoms with Crippen molar-refractivity contribution in [2.24, 2.45) is 0 Å². The van der Waals surface area contributed by atoms with Crippen LogP contribution in [0.4, 0.5) is 0 Å². The normalized spacial score (nSPS) is 15.3. The zero-order valence-electron chi connectivity index (χ0n) is 15.0. The molecule has 2 aromatic rings. The molecule has 1 aromatic heterocycles. The second-order valence-corrected chi connectivity index (χ2v) is 6.22. The quantitative estimate of drug-likeness (QED) is 0.757. The lowest BCUT2D eigenvalue weighted by molar-refractivity contribution is 0.0364. The Bertz CT molecular complexity index is 703. The first-order valence-corrected chi connectivity index (χ1v) is 8.93. The van der Waals surface area contributed by atoms with Gasteiger partial charge in [-0.25, -0.2) is 4.79 Å². The van der Waals surface area contributed by atoms with Crippen LogP contribution in [0.25, 0.3) is 11.3 Å². The number of rotatable bonds is 6. The lowest BCUT2D eigenvalue weighted by Crippen LogP contribution is -2.38. The van der Waals surface area contributed by atoms with Gasteiger partial charge in [-0.2, -0.15) is 0 Å². The van der Waals surface area contributed by atoms with Gasteiger partial charge in [-0.1, -0.05) is 30.3 Å². The maximum Gasteiger partial charge on any atom is 0.339 e. The van der Waals surface area contributed by atoms with Crippen molar-refractivity contribution in [2.75, 3.05) is 39.5 Å². The Kier molecular flexibility index (Phi) is 5.89. The molecule has 0 unspecified atom stereocenters. The predicted molar refractivity (Wildman–Crippen MR) is 97.8 cm³/mol. The summed E-state index contributed by atoms with van der Waals surface area (Å²) in [6, 6.07) is 12.2. The van der Waals surface area contributed by atoms with Gasteiger partial charge >= 0.3 is 5.97 Å². The van der Waals surface area contributed by atoms with Gasteiger partial charge in [0.2, 0.25) is 0 Å². The molecule has 0 aliphatic carbocycles. The average molecular weight is 342 g/mol. The molecule has 3 rings (SSSR count). The van der Waals surface area contributed by atoms with Crippen LogP contribution < -0.4 is 0 Å². The molecule has 134 valence electrons. The van der Waals surface area contributed by atoms with Crippen molar-refractivity contribution in [3.63, 3.8) is 0 Å². The number of nitrogens with zero attached hydrogens (tertiary/aromatic N) is 2.